The molecule has 0 amide bonds. The van der Waals surface area contributed by atoms with Crippen molar-refractivity contribution < 1.29 is 4.79 Å². The van der Waals surface area contributed by atoms with Crippen LogP contribution in [0.2, 0.25) is 0 Å². The molecule has 34 valence electrons. The third-order valence-electron chi connectivity index (χ3n) is 0.672. The van der Waals surface area contributed by atoms with Gasteiger partial charge in [0.1, 0.15) is 5.94 Å². The third-order valence-corrected chi connectivity index (χ3v) is 0.672. The van der Waals surface area contributed by atoms with Gasteiger partial charge in [0.15, 0.2) is 0 Å². The van der Waals surface area contributed by atoms with Crippen molar-refractivity contribution in [3.8, 4) is 0 Å². The molecule has 0 aromatic carbocycles. The lowest BCUT2D eigenvalue weighted by Crippen LogP contribution is -1.70. The Bertz CT molecular complexity index is 159. The fourth-order valence-corrected chi connectivity index (χ4v) is 0.350. The highest BCUT2D eigenvalue weighted by Crippen LogP contribution is 1.94. The van der Waals surface area contributed by atoms with Gasteiger partial charge in [-0.2, -0.15) is 0 Å². The van der Waals surface area contributed by atoms with E-state index in [4.69, 9.17) is 0 Å². The Morgan fingerprint density at radius 2 is 2.57 bits per heavy atom. The van der Waals surface area contributed by atoms with Crippen LogP contribution in [-0.4, -0.2) is 12.2 Å². The summed E-state index contributed by atoms with van der Waals surface area (Å²) in [5.41, 5.74) is 0.514. The van der Waals surface area contributed by atoms with E-state index in [1.165, 1.54) is 6.21 Å². The van der Waals surface area contributed by atoms with Gasteiger partial charge in [0, 0.05) is 12.4 Å². The fraction of sp³-hybridized carbons (Fsp3) is 0. The molecule has 0 fully saturated rings. The zero-order valence-corrected chi connectivity index (χ0v) is 3.59. The van der Waals surface area contributed by atoms with Crippen LogP contribution in [-0.2, 0) is 4.79 Å². The summed E-state index contributed by atoms with van der Waals surface area (Å²) in [6.45, 7) is 0. The van der Waals surface area contributed by atoms with Crippen molar-refractivity contribution in [3.63, 3.8) is 0 Å². The van der Waals surface area contributed by atoms with Gasteiger partial charge in [0.05, 0.1) is 5.57 Å². The van der Waals surface area contributed by atoms with E-state index in [0.29, 0.717) is 5.57 Å². The van der Waals surface area contributed by atoms with Gasteiger partial charge < -0.3 is 0 Å². The summed E-state index contributed by atoms with van der Waals surface area (Å²) in [4.78, 5) is 13.3. The van der Waals surface area contributed by atoms with Gasteiger partial charge in [0.25, 0.3) is 0 Å². The summed E-state index contributed by atoms with van der Waals surface area (Å²) < 4.78 is 0. The molecule has 0 saturated carbocycles. The van der Waals surface area contributed by atoms with Crippen LogP contribution < -0.4 is 0 Å². The second kappa shape index (κ2) is 1.54. The highest BCUT2D eigenvalue weighted by Gasteiger charge is 1.88. The Morgan fingerprint density at radius 1 is 1.71 bits per heavy atom. The van der Waals surface area contributed by atoms with Crippen molar-refractivity contribution >= 4 is 12.2 Å². The molecular formula is C5H3NO. The van der Waals surface area contributed by atoms with Gasteiger partial charge in [-0.25, -0.2) is 4.79 Å². The van der Waals surface area contributed by atoms with Gasteiger partial charge in [-0.1, -0.05) is 0 Å². The van der Waals surface area contributed by atoms with Crippen LogP contribution in [0.4, 0.5) is 0 Å². The molecule has 0 atom stereocenters. The molecule has 0 spiro atoms. The Kier molecular flexibility index (Phi) is 0.886. The van der Waals surface area contributed by atoms with Crippen LogP contribution in [0, 0.1) is 0 Å². The van der Waals surface area contributed by atoms with E-state index in [2.05, 4.69) is 4.99 Å². The smallest absolute Gasteiger partial charge is 0.134 e. The highest BCUT2D eigenvalue weighted by atomic mass is 16.1. The minimum Gasteiger partial charge on any atom is -0.263 e. The lowest BCUT2D eigenvalue weighted by molar-refractivity contribution is 0.568. The average Bonchev–Trinajstić information content (AvgIpc) is 2.14. The molecule has 2 nitrogen and oxygen atoms in total. The number of allylic oxidation sites excluding steroid dienone is 2. The zero-order chi connectivity index (χ0) is 5.11. The van der Waals surface area contributed by atoms with Gasteiger partial charge in [-0.15, -0.1) is 0 Å². The lowest BCUT2D eigenvalue weighted by atomic mass is 10.4. The number of carbonyl (C=O) groups excluding carboxylic acids is 1. The number of hydrogen-bond acceptors (Lipinski definition) is 2. The molecule has 1 rings (SSSR count). The first-order chi connectivity index (χ1) is 3.43. The SMILES string of the molecule is O=C=C1C=CN=C1. The highest BCUT2D eigenvalue weighted by molar-refractivity contribution is 5.94. The van der Waals surface area contributed by atoms with Crippen LogP contribution in [0.15, 0.2) is 22.8 Å². The standard InChI is InChI=1S/C5H3NO/c7-4-5-1-2-6-3-5/h1-3H. The topological polar surface area (TPSA) is 29.4 Å². The van der Waals surface area contributed by atoms with E-state index in [9.17, 15) is 4.79 Å². The van der Waals surface area contributed by atoms with E-state index in [1.807, 2.05) is 0 Å². The predicted molar refractivity (Wildman–Crippen MR) is 26.8 cm³/mol. The molecule has 0 saturated heterocycles. The summed E-state index contributed by atoms with van der Waals surface area (Å²) in [6, 6.07) is 0. The Balaban J connectivity index is 3.00. The van der Waals surface area contributed by atoms with Gasteiger partial charge in [0.2, 0.25) is 0 Å². The van der Waals surface area contributed by atoms with Crippen LogP contribution in [0.1, 0.15) is 0 Å². The first-order valence-corrected chi connectivity index (χ1v) is 1.88. The largest absolute Gasteiger partial charge is 0.263 e. The van der Waals surface area contributed by atoms with Crippen molar-refractivity contribution in [2.45, 2.75) is 0 Å². The van der Waals surface area contributed by atoms with Crippen molar-refractivity contribution in [3.05, 3.63) is 17.8 Å². The quantitative estimate of drug-likeness (QED) is 0.397. The van der Waals surface area contributed by atoms with Crippen molar-refractivity contribution in [2.24, 2.45) is 4.99 Å². The zero-order valence-electron chi connectivity index (χ0n) is 3.59. The van der Waals surface area contributed by atoms with Crippen LogP contribution in [0.3, 0.4) is 0 Å². The number of aliphatic imine (C=N–C) groups is 1. The fourth-order valence-electron chi connectivity index (χ4n) is 0.350. The molecule has 0 bridgehead atoms. The molecule has 2 heteroatoms. The third kappa shape index (κ3) is 0.643. The Labute approximate surface area is 40.9 Å². The molecular weight excluding hydrogens is 90.1 g/mol. The van der Waals surface area contributed by atoms with E-state index in [0.717, 1.165) is 0 Å². The molecule has 0 N–H and O–H groups in total. The first-order valence-electron chi connectivity index (χ1n) is 1.88. The number of rotatable bonds is 0. The van der Waals surface area contributed by atoms with Crippen molar-refractivity contribution in [1.82, 2.24) is 0 Å². The maximum absolute atomic E-state index is 9.70. The second-order valence-electron chi connectivity index (χ2n) is 1.15. The molecule has 0 unspecified atom stereocenters. The number of nitrogens with zero attached hydrogens (tertiary/aromatic N) is 1. The lowest BCUT2D eigenvalue weighted by Gasteiger charge is -1.65. The molecule has 7 heavy (non-hydrogen) atoms. The average molecular weight is 93.1 g/mol. The van der Waals surface area contributed by atoms with E-state index < -0.39 is 0 Å². The summed E-state index contributed by atoms with van der Waals surface area (Å²) in [7, 11) is 0. The first kappa shape index (κ1) is 4.03. The van der Waals surface area contributed by atoms with E-state index in [1.54, 1.807) is 18.2 Å². The molecule has 0 aromatic rings. The van der Waals surface area contributed by atoms with Crippen LogP contribution in [0.5, 0.6) is 0 Å². The number of hydrogen-bond donors (Lipinski definition) is 0. The molecule has 0 aromatic heterocycles. The minimum absolute atomic E-state index is 0.514. The monoisotopic (exact) mass is 93.0 g/mol. The normalized spacial score (nSPS) is 15.1. The predicted octanol–water partition coefficient (Wildman–Crippen LogP) is 0.342. The summed E-state index contributed by atoms with van der Waals surface area (Å²) >= 11 is 0. The summed E-state index contributed by atoms with van der Waals surface area (Å²) in [5, 5.41) is 0. The molecule has 1 aliphatic rings. The second-order valence-corrected chi connectivity index (χ2v) is 1.15. The minimum atomic E-state index is 0.514. The Hall–Kier alpha value is -1.14. The summed E-state index contributed by atoms with van der Waals surface area (Å²) in [5.74, 6) is 1.69. The molecule has 1 heterocycles. The van der Waals surface area contributed by atoms with Gasteiger partial charge in [-0.3, -0.25) is 4.99 Å². The van der Waals surface area contributed by atoms with Crippen molar-refractivity contribution in [2.75, 3.05) is 0 Å². The Morgan fingerprint density at radius 3 is 2.86 bits per heavy atom. The maximum atomic E-state index is 9.70. The van der Waals surface area contributed by atoms with Crippen LogP contribution >= 0.6 is 0 Å². The van der Waals surface area contributed by atoms with Crippen LogP contribution in [0.25, 0.3) is 0 Å². The van der Waals surface area contributed by atoms with Gasteiger partial charge in [-0.05, 0) is 6.08 Å². The van der Waals surface area contributed by atoms with Crippen molar-refractivity contribution in [1.29, 1.82) is 0 Å². The molecule has 1 aliphatic heterocycles. The molecule has 0 aliphatic carbocycles. The van der Waals surface area contributed by atoms with E-state index >= 15 is 0 Å². The maximum Gasteiger partial charge on any atom is 0.134 e. The molecule has 0 radical (unpaired) electrons. The van der Waals surface area contributed by atoms with Gasteiger partial charge >= 0.3 is 0 Å². The summed E-state index contributed by atoms with van der Waals surface area (Å²) in [6.07, 6.45) is 4.63. The van der Waals surface area contributed by atoms with E-state index in [-0.39, 0.29) is 0 Å².